The van der Waals surface area contributed by atoms with Crippen molar-refractivity contribution in [2.24, 2.45) is 0 Å². The summed E-state index contributed by atoms with van der Waals surface area (Å²) >= 11 is 0. The summed E-state index contributed by atoms with van der Waals surface area (Å²) in [6.45, 7) is 0.874. The fourth-order valence-electron chi connectivity index (χ4n) is 2.91. The Labute approximate surface area is 147 Å². The molecule has 3 rings (SSSR count). The van der Waals surface area contributed by atoms with Crippen LogP contribution in [0.15, 0.2) is 54.6 Å². The Balaban J connectivity index is 1.65. The number of rotatable bonds is 7. The number of ether oxygens (including phenoxy) is 2. The van der Waals surface area contributed by atoms with Gasteiger partial charge in [-0.2, -0.15) is 0 Å². The smallest absolute Gasteiger partial charge is 0.223 e. The van der Waals surface area contributed by atoms with E-state index in [4.69, 9.17) is 9.47 Å². The highest BCUT2D eigenvalue weighted by Gasteiger charge is 2.22. The minimum absolute atomic E-state index is 0.0103. The van der Waals surface area contributed by atoms with Crippen LogP contribution in [-0.2, 0) is 9.53 Å². The van der Waals surface area contributed by atoms with E-state index in [0.29, 0.717) is 6.42 Å². The molecule has 25 heavy (non-hydrogen) atoms. The van der Waals surface area contributed by atoms with Gasteiger partial charge in [-0.15, -0.1) is 0 Å². The first-order valence-corrected chi connectivity index (χ1v) is 8.55. The number of hydrogen-bond donors (Lipinski definition) is 1. The standard InChI is InChI=1S/C20H22FNO3/c21-17-10-4-5-11-19(17)25-14-18(15-7-2-1-3-8-15)22-20(23)13-16-9-6-12-24-16/h1-5,7-8,10-11,16,18H,6,9,12-14H2,(H,22,23). The van der Waals surface area contributed by atoms with Crippen LogP contribution in [0.5, 0.6) is 5.75 Å². The highest BCUT2D eigenvalue weighted by atomic mass is 19.1. The molecule has 1 heterocycles. The molecule has 4 nitrogen and oxygen atoms in total. The van der Waals surface area contributed by atoms with Crippen LogP contribution in [0.4, 0.5) is 4.39 Å². The fourth-order valence-corrected chi connectivity index (χ4v) is 2.91. The zero-order valence-electron chi connectivity index (χ0n) is 14.0. The van der Waals surface area contributed by atoms with E-state index in [-0.39, 0.29) is 30.4 Å². The van der Waals surface area contributed by atoms with E-state index in [2.05, 4.69) is 5.32 Å². The zero-order chi connectivity index (χ0) is 17.5. The Kier molecular flexibility index (Phi) is 6.01. The van der Waals surface area contributed by atoms with Crippen LogP contribution < -0.4 is 10.1 Å². The van der Waals surface area contributed by atoms with E-state index < -0.39 is 5.82 Å². The molecule has 0 spiro atoms. The SMILES string of the molecule is O=C(CC1CCCO1)NC(COc1ccccc1F)c1ccccc1. The number of benzene rings is 2. The largest absolute Gasteiger partial charge is 0.488 e. The van der Waals surface area contributed by atoms with Crippen molar-refractivity contribution in [3.05, 3.63) is 66.0 Å². The first kappa shape index (κ1) is 17.4. The molecule has 0 saturated carbocycles. The van der Waals surface area contributed by atoms with Gasteiger partial charge in [0.25, 0.3) is 0 Å². The molecule has 1 aliphatic heterocycles. The lowest BCUT2D eigenvalue weighted by atomic mass is 10.1. The van der Waals surface area contributed by atoms with Crippen LogP contribution in [0.25, 0.3) is 0 Å². The maximum absolute atomic E-state index is 13.7. The second-order valence-electron chi connectivity index (χ2n) is 6.11. The summed E-state index contributed by atoms with van der Waals surface area (Å²) in [6, 6.07) is 15.4. The van der Waals surface area contributed by atoms with Crippen LogP contribution in [-0.4, -0.2) is 25.2 Å². The number of carbonyl (C=O) groups is 1. The van der Waals surface area contributed by atoms with Crippen LogP contribution >= 0.6 is 0 Å². The van der Waals surface area contributed by atoms with E-state index in [0.717, 1.165) is 25.0 Å². The minimum Gasteiger partial charge on any atom is -0.488 e. The summed E-state index contributed by atoms with van der Waals surface area (Å²) in [5.74, 6) is -0.324. The molecular weight excluding hydrogens is 321 g/mol. The van der Waals surface area contributed by atoms with E-state index in [1.165, 1.54) is 6.07 Å². The van der Waals surface area contributed by atoms with E-state index in [1.807, 2.05) is 30.3 Å². The van der Waals surface area contributed by atoms with E-state index >= 15 is 0 Å². The van der Waals surface area contributed by atoms with Crippen molar-refractivity contribution < 1.29 is 18.7 Å². The number of halogens is 1. The molecule has 0 aromatic heterocycles. The summed E-state index contributed by atoms with van der Waals surface area (Å²) in [4.78, 5) is 12.3. The average molecular weight is 343 g/mol. The Morgan fingerprint density at radius 1 is 1.20 bits per heavy atom. The van der Waals surface area contributed by atoms with Crippen LogP contribution in [0, 0.1) is 5.82 Å². The van der Waals surface area contributed by atoms with Crippen molar-refractivity contribution in [3.8, 4) is 5.75 Å². The fraction of sp³-hybridized carbons (Fsp3) is 0.350. The van der Waals surface area contributed by atoms with Gasteiger partial charge >= 0.3 is 0 Å². The maximum Gasteiger partial charge on any atom is 0.223 e. The number of para-hydroxylation sites is 1. The van der Waals surface area contributed by atoms with Gasteiger partial charge in [0.2, 0.25) is 5.91 Å². The molecule has 2 unspecified atom stereocenters. The minimum atomic E-state index is -0.417. The van der Waals surface area contributed by atoms with Crippen molar-refractivity contribution in [1.82, 2.24) is 5.32 Å². The van der Waals surface area contributed by atoms with Crippen molar-refractivity contribution in [3.63, 3.8) is 0 Å². The Bertz CT molecular complexity index is 686. The van der Waals surface area contributed by atoms with Gasteiger partial charge in [0.05, 0.1) is 18.6 Å². The molecule has 1 N–H and O–H groups in total. The monoisotopic (exact) mass is 343 g/mol. The Morgan fingerprint density at radius 2 is 1.96 bits per heavy atom. The highest BCUT2D eigenvalue weighted by molar-refractivity contribution is 5.77. The molecular formula is C20H22FNO3. The predicted molar refractivity (Wildman–Crippen MR) is 92.8 cm³/mol. The molecule has 1 amide bonds. The first-order valence-electron chi connectivity index (χ1n) is 8.55. The van der Waals surface area contributed by atoms with Gasteiger partial charge in [-0.25, -0.2) is 4.39 Å². The van der Waals surface area contributed by atoms with Gasteiger partial charge in [0, 0.05) is 6.61 Å². The van der Waals surface area contributed by atoms with Crippen LogP contribution in [0.3, 0.4) is 0 Å². The van der Waals surface area contributed by atoms with Crippen molar-refractivity contribution >= 4 is 5.91 Å². The number of nitrogens with one attached hydrogen (secondary N) is 1. The van der Waals surface area contributed by atoms with Crippen molar-refractivity contribution in [2.75, 3.05) is 13.2 Å². The lowest BCUT2D eigenvalue weighted by Crippen LogP contribution is -2.34. The van der Waals surface area contributed by atoms with Gasteiger partial charge < -0.3 is 14.8 Å². The third-order valence-electron chi connectivity index (χ3n) is 4.22. The lowest BCUT2D eigenvalue weighted by molar-refractivity contribution is -0.124. The summed E-state index contributed by atoms with van der Waals surface area (Å²) in [7, 11) is 0. The van der Waals surface area contributed by atoms with Crippen molar-refractivity contribution in [1.29, 1.82) is 0 Å². The molecule has 132 valence electrons. The van der Waals surface area contributed by atoms with E-state index in [1.54, 1.807) is 18.2 Å². The maximum atomic E-state index is 13.7. The Morgan fingerprint density at radius 3 is 2.68 bits per heavy atom. The molecule has 2 aromatic rings. The third kappa shape index (κ3) is 5.03. The quantitative estimate of drug-likeness (QED) is 0.835. The van der Waals surface area contributed by atoms with Gasteiger partial charge in [-0.1, -0.05) is 42.5 Å². The molecule has 1 aliphatic rings. The second kappa shape index (κ2) is 8.62. The molecule has 2 atom stereocenters. The van der Waals surface area contributed by atoms with E-state index in [9.17, 15) is 9.18 Å². The summed E-state index contributed by atoms with van der Waals surface area (Å²) in [5, 5.41) is 2.98. The van der Waals surface area contributed by atoms with Crippen LogP contribution in [0.1, 0.15) is 30.9 Å². The van der Waals surface area contributed by atoms with Crippen molar-refractivity contribution in [2.45, 2.75) is 31.4 Å². The number of hydrogen-bond acceptors (Lipinski definition) is 3. The van der Waals surface area contributed by atoms with Gasteiger partial charge in [-0.3, -0.25) is 4.79 Å². The molecule has 1 saturated heterocycles. The predicted octanol–water partition coefficient (Wildman–Crippen LogP) is 3.63. The topological polar surface area (TPSA) is 47.6 Å². The molecule has 0 bridgehead atoms. The number of carbonyl (C=O) groups excluding carboxylic acids is 1. The van der Waals surface area contributed by atoms with Gasteiger partial charge in [0.1, 0.15) is 6.61 Å². The summed E-state index contributed by atoms with van der Waals surface area (Å²) in [5.41, 5.74) is 0.916. The number of amides is 1. The third-order valence-corrected chi connectivity index (χ3v) is 4.22. The summed E-state index contributed by atoms with van der Waals surface area (Å²) in [6.07, 6.45) is 2.23. The normalized spacial score (nSPS) is 17.9. The van der Waals surface area contributed by atoms with Gasteiger partial charge in [-0.05, 0) is 30.5 Å². The summed E-state index contributed by atoms with van der Waals surface area (Å²) < 4.78 is 24.9. The first-order chi connectivity index (χ1) is 12.2. The second-order valence-corrected chi connectivity index (χ2v) is 6.11. The molecule has 0 aliphatic carbocycles. The lowest BCUT2D eigenvalue weighted by Gasteiger charge is -2.21. The average Bonchev–Trinajstić information content (AvgIpc) is 3.13. The molecule has 2 aromatic carbocycles. The molecule has 1 fully saturated rings. The van der Waals surface area contributed by atoms with Crippen LogP contribution in [0.2, 0.25) is 0 Å². The van der Waals surface area contributed by atoms with Gasteiger partial charge in [0.15, 0.2) is 11.6 Å². The molecule has 0 radical (unpaired) electrons. The zero-order valence-corrected chi connectivity index (χ0v) is 14.0. The Hall–Kier alpha value is -2.40. The molecule has 5 heteroatoms. The highest BCUT2D eigenvalue weighted by Crippen LogP contribution is 2.20.